The van der Waals surface area contributed by atoms with Gasteiger partial charge in [0.15, 0.2) is 0 Å². The normalized spacial score (nSPS) is 15.7. The maximum absolute atomic E-state index is 4.78. The fourth-order valence-corrected chi connectivity index (χ4v) is 4.78. The summed E-state index contributed by atoms with van der Waals surface area (Å²) in [5, 5.41) is 0. The molecule has 1 nitrogen and oxygen atoms in total. The third kappa shape index (κ3) is 4.13. The molecule has 23 heavy (non-hydrogen) atoms. The van der Waals surface area contributed by atoms with Crippen molar-refractivity contribution in [2.75, 3.05) is 0 Å². The molecule has 0 spiro atoms. The van der Waals surface area contributed by atoms with Gasteiger partial charge in [0.05, 0.1) is 11.4 Å². The van der Waals surface area contributed by atoms with E-state index < -0.39 is 0 Å². The van der Waals surface area contributed by atoms with Gasteiger partial charge in [0, 0.05) is 23.0 Å². The summed E-state index contributed by atoms with van der Waals surface area (Å²) >= 11 is 3.95. The first-order chi connectivity index (χ1) is 10.9. The molecule has 0 saturated heterocycles. The molecule has 0 aliphatic carbocycles. The Kier molecular flexibility index (Phi) is 5.07. The predicted octanol–water partition coefficient (Wildman–Crippen LogP) is 5.87. The lowest BCUT2D eigenvalue weighted by atomic mass is 9.84. The molecule has 1 aromatic carbocycles. The maximum Gasteiger partial charge on any atom is 0.0506 e. The summed E-state index contributed by atoms with van der Waals surface area (Å²) in [5.74, 6) is 4.12. The second kappa shape index (κ2) is 6.90. The van der Waals surface area contributed by atoms with Crippen molar-refractivity contribution < 1.29 is 0 Å². The van der Waals surface area contributed by atoms with E-state index >= 15 is 0 Å². The molecule has 0 unspecified atom stereocenters. The fraction of sp³-hybridized carbons (Fsp3) is 0.450. The van der Waals surface area contributed by atoms with E-state index in [4.69, 9.17) is 4.98 Å². The van der Waals surface area contributed by atoms with Crippen LogP contribution in [0.15, 0.2) is 30.3 Å². The van der Waals surface area contributed by atoms with Gasteiger partial charge in [-0.2, -0.15) is 23.5 Å². The average molecular weight is 344 g/mol. The van der Waals surface area contributed by atoms with E-state index in [0.717, 1.165) is 23.0 Å². The van der Waals surface area contributed by atoms with Gasteiger partial charge in [0.2, 0.25) is 0 Å². The first kappa shape index (κ1) is 16.9. The van der Waals surface area contributed by atoms with Gasteiger partial charge in [0.1, 0.15) is 0 Å². The van der Waals surface area contributed by atoms with E-state index in [-0.39, 0.29) is 5.41 Å². The summed E-state index contributed by atoms with van der Waals surface area (Å²) in [6.07, 6.45) is 0. The quantitative estimate of drug-likeness (QED) is 0.594. The molecule has 122 valence electrons. The van der Waals surface area contributed by atoms with Crippen LogP contribution in [0, 0.1) is 6.92 Å². The number of thioether (sulfide) groups is 2. The monoisotopic (exact) mass is 343 g/mol. The number of hydrogen-bond donors (Lipinski definition) is 0. The van der Waals surface area contributed by atoms with Gasteiger partial charge < -0.3 is 0 Å². The Balaban J connectivity index is 1.96. The van der Waals surface area contributed by atoms with Crippen molar-refractivity contribution in [3.63, 3.8) is 0 Å². The lowest BCUT2D eigenvalue weighted by Crippen LogP contribution is -2.13. The van der Waals surface area contributed by atoms with Crippen molar-refractivity contribution >= 4 is 23.5 Å². The molecule has 4 bridgehead atoms. The Morgan fingerprint density at radius 3 is 1.87 bits per heavy atom. The molecule has 1 aromatic heterocycles. The third-order valence-corrected chi connectivity index (χ3v) is 6.40. The molecule has 3 heteroatoms. The van der Waals surface area contributed by atoms with Crippen LogP contribution in [0.5, 0.6) is 0 Å². The molecule has 0 N–H and O–H groups in total. The molecule has 2 heterocycles. The molecule has 0 fully saturated rings. The molecule has 2 aromatic rings. The van der Waals surface area contributed by atoms with Gasteiger partial charge in [-0.3, -0.25) is 4.98 Å². The predicted molar refractivity (Wildman–Crippen MR) is 104 cm³/mol. The Morgan fingerprint density at radius 2 is 1.39 bits per heavy atom. The van der Waals surface area contributed by atoms with Gasteiger partial charge >= 0.3 is 0 Å². The molecule has 1 aliphatic heterocycles. The molecule has 0 saturated carbocycles. The van der Waals surface area contributed by atoms with Crippen LogP contribution in [0.25, 0.3) is 0 Å². The lowest BCUT2D eigenvalue weighted by Gasteiger charge is -2.23. The summed E-state index contributed by atoms with van der Waals surface area (Å²) in [4.78, 5) is 4.78. The van der Waals surface area contributed by atoms with Crippen LogP contribution in [0.4, 0.5) is 0 Å². The second-order valence-electron chi connectivity index (χ2n) is 7.28. The molecular formula is C20H25NS2. The molecule has 1 aliphatic rings. The summed E-state index contributed by atoms with van der Waals surface area (Å²) in [7, 11) is 0. The molecule has 3 rings (SSSR count). The van der Waals surface area contributed by atoms with Gasteiger partial charge in [-0.25, -0.2) is 0 Å². The highest BCUT2D eigenvalue weighted by atomic mass is 32.2. The van der Waals surface area contributed by atoms with E-state index in [0.29, 0.717) is 0 Å². The van der Waals surface area contributed by atoms with E-state index in [1.54, 1.807) is 0 Å². The summed E-state index contributed by atoms with van der Waals surface area (Å²) in [6, 6.07) is 11.3. The van der Waals surface area contributed by atoms with Crippen LogP contribution < -0.4 is 0 Å². The minimum Gasteiger partial charge on any atom is -0.256 e. The average Bonchev–Trinajstić information content (AvgIpc) is 2.49. The van der Waals surface area contributed by atoms with Crippen molar-refractivity contribution in [2.24, 2.45) is 0 Å². The molecular weight excluding hydrogens is 318 g/mol. The number of rotatable bonds is 0. The number of pyridine rings is 1. The van der Waals surface area contributed by atoms with Gasteiger partial charge in [-0.05, 0) is 46.7 Å². The van der Waals surface area contributed by atoms with Crippen molar-refractivity contribution in [1.29, 1.82) is 0 Å². The van der Waals surface area contributed by atoms with Crippen LogP contribution >= 0.6 is 23.5 Å². The van der Waals surface area contributed by atoms with Crippen LogP contribution in [0.3, 0.4) is 0 Å². The molecule has 0 atom stereocenters. The zero-order chi connectivity index (χ0) is 16.4. The smallest absolute Gasteiger partial charge is 0.0506 e. The van der Waals surface area contributed by atoms with Crippen LogP contribution in [-0.4, -0.2) is 4.98 Å². The summed E-state index contributed by atoms with van der Waals surface area (Å²) in [6.45, 7) is 9.22. The van der Waals surface area contributed by atoms with Gasteiger partial charge in [-0.15, -0.1) is 0 Å². The van der Waals surface area contributed by atoms with E-state index in [2.05, 4.69) is 58.0 Å². The van der Waals surface area contributed by atoms with Gasteiger partial charge in [-0.1, -0.05) is 39.0 Å². The zero-order valence-corrected chi connectivity index (χ0v) is 16.1. The standard InChI is InChI=1S/C20H25NS2/c1-14-15-8-17(20(2,3)4)9-16(14)11-23-13-19-7-5-6-18(21-19)12-22-10-15/h5-9H,10-13H2,1-4H3. The minimum atomic E-state index is 0.204. The number of hydrogen-bond acceptors (Lipinski definition) is 3. The highest BCUT2D eigenvalue weighted by molar-refractivity contribution is 7.98. The highest BCUT2D eigenvalue weighted by Gasteiger charge is 2.18. The van der Waals surface area contributed by atoms with Crippen molar-refractivity contribution in [1.82, 2.24) is 4.98 Å². The van der Waals surface area contributed by atoms with Gasteiger partial charge in [0.25, 0.3) is 0 Å². The number of aromatic nitrogens is 1. The topological polar surface area (TPSA) is 12.9 Å². The van der Waals surface area contributed by atoms with Crippen LogP contribution in [0.2, 0.25) is 0 Å². The molecule has 0 amide bonds. The van der Waals surface area contributed by atoms with E-state index in [1.807, 2.05) is 23.5 Å². The Morgan fingerprint density at radius 1 is 0.870 bits per heavy atom. The van der Waals surface area contributed by atoms with Crippen LogP contribution in [0.1, 0.15) is 54.4 Å². The summed E-state index contributed by atoms with van der Waals surface area (Å²) < 4.78 is 0. The van der Waals surface area contributed by atoms with E-state index in [9.17, 15) is 0 Å². The minimum absolute atomic E-state index is 0.204. The first-order valence-corrected chi connectivity index (χ1v) is 10.5. The largest absolute Gasteiger partial charge is 0.256 e. The van der Waals surface area contributed by atoms with Crippen molar-refractivity contribution in [3.05, 3.63) is 64.0 Å². The lowest BCUT2D eigenvalue weighted by molar-refractivity contribution is 0.588. The van der Waals surface area contributed by atoms with Crippen molar-refractivity contribution in [2.45, 2.75) is 56.1 Å². The first-order valence-electron chi connectivity index (χ1n) is 8.16. The van der Waals surface area contributed by atoms with Crippen LogP contribution in [-0.2, 0) is 28.4 Å². The SMILES string of the molecule is Cc1c2cc(C(C)(C)C)cc1CSCc1cccc(n1)CSC2. The Bertz CT molecular complexity index is 655. The van der Waals surface area contributed by atoms with E-state index in [1.165, 1.54) is 33.6 Å². The maximum atomic E-state index is 4.78. The zero-order valence-electron chi connectivity index (χ0n) is 14.5. The Hall–Kier alpha value is -0.930. The Labute approximate surface area is 148 Å². The highest BCUT2D eigenvalue weighted by Crippen LogP contribution is 2.32. The number of nitrogens with zero attached hydrogens (tertiary/aromatic N) is 1. The second-order valence-corrected chi connectivity index (χ2v) is 9.25. The fourth-order valence-electron chi connectivity index (χ4n) is 2.79. The van der Waals surface area contributed by atoms with Crippen molar-refractivity contribution in [3.8, 4) is 0 Å². The number of fused-ring (bicyclic) bond motifs is 4. The summed E-state index contributed by atoms with van der Waals surface area (Å²) in [5.41, 5.74) is 8.55. The third-order valence-electron chi connectivity index (χ3n) is 4.37. The number of benzene rings is 1. The molecule has 0 radical (unpaired) electrons.